The number of rotatable bonds is 4. The second-order valence-corrected chi connectivity index (χ2v) is 5.49. The minimum absolute atomic E-state index is 0.0186. The number of aliphatic hydroxyl groups is 1. The zero-order chi connectivity index (χ0) is 12.5. The smallest absolute Gasteiger partial charge is 0.242 e. The van der Waals surface area contributed by atoms with Crippen LogP contribution in [0.1, 0.15) is 6.92 Å². The van der Waals surface area contributed by atoms with Crippen molar-refractivity contribution in [3.8, 4) is 0 Å². The fourth-order valence-electron chi connectivity index (χ4n) is 1.46. The highest BCUT2D eigenvalue weighted by atomic mass is 32.2. The molecular formula is C10H13N3O3S. The van der Waals surface area contributed by atoms with Gasteiger partial charge in [-0.3, -0.25) is 0 Å². The van der Waals surface area contributed by atoms with Gasteiger partial charge in [-0.25, -0.2) is 18.1 Å². The molecule has 2 aromatic rings. The lowest BCUT2D eigenvalue weighted by molar-refractivity contribution is 0.198. The fourth-order valence-corrected chi connectivity index (χ4v) is 2.75. The Balaban J connectivity index is 2.39. The highest BCUT2D eigenvalue weighted by Crippen LogP contribution is 2.20. The largest absolute Gasteiger partial charge is 0.392 e. The lowest BCUT2D eigenvalue weighted by Gasteiger charge is -2.07. The van der Waals surface area contributed by atoms with Gasteiger partial charge in [0.25, 0.3) is 0 Å². The van der Waals surface area contributed by atoms with Crippen molar-refractivity contribution in [3.63, 3.8) is 0 Å². The fraction of sp³-hybridized carbons (Fsp3) is 0.300. The quantitative estimate of drug-likeness (QED) is 0.728. The molecule has 0 fully saturated rings. The topological polar surface area (TPSA) is 95.1 Å². The van der Waals surface area contributed by atoms with Gasteiger partial charge < -0.3 is 10.1 Å². The highest BCUT2D eigenvalue weighted by molar-refractivity contribution is 7.89. The molecule has 2 heterocycles. The van der Waals surface area contributed by atoms with Crippen LogP contribution in [0.3, 0.4) is 0 Å². The van der Waals surface area contributed by atoms with Gasteiger partial charge in [0, 0.05) is 24.3 Å². The van der Waals surface area contributed by atoms with Gasteiger partial charge in [-0.05, 0) is 19.1 Å². The van der Waals surface area contributed by atoms with Gasteiger partial charge in [0.2, 0.25) is 10.0 Å². The molecule has 0 spiro atoms. The molecule has 0 aliphatic rings. The predicted molar refractivity (Wildman–Crippen MR) is 63.0 cm³/mol. The van der Waals surface area contributed by atoms with Gasteiger partial charge in [0.1, 0.15) is 10.5 Å². The summed E-state index contributed by atoms with van der Waals surface area (Å²) in [4.78, 5) is 6.94. The molecule has 0 aromatic carbocycles. The zero-order valence-corrected chi connectivity index (χ0v) is 10.0. The molecule has 0 radical (unpaired) electrons. The SMILES string of the molecule is C[C@H](O)CNS(=O)(=O)c1c[nH]c2ncccc12. The molecule has 7 heteroatoms. The number of nitrogens with one attached hydrogen (secondary N) is 2. The van der Waals surface area contributed by atoms with E-state index in [1.165, 1.54) is 13.1 Å². The van der Waals surface area contributed by atoms with Crippen molar-refractivity contribution in [2.75, 3.05) is 6.54 Å². The summed E-state index contributed by atoms with van der Waals surface area (Å²) in [7, 11) is -3.62. The van der Waals surface area contributed by atoms with Crippen LogP contribution in [-0.2, 0) is 10.0 Å². The molecule has 0 amide bonds. The maximum absolute atomic E-state index is 11.9. The molecule has 17 heavy (non-hydrogen) atoms. The van der Waals surface area contributed by atoms with Crippen LogP contribution in [-0.4, -0.2) is 36.1 Å². The Bertz CT molecular complexity index is 619. The van der Waals surface area contributed by atoms with Crippen LogP contribution in [0.25, 0.3) is 11.0 Å². The number of hydrogen-bond acceptors (Lipinski definition) is 4. The Hall–Kier alpha value is -1.44. The number of nitrogens with zero attached hydrogens (tertiary/aromatic N) is 1. The van der Waals surface area contributed by atoms with E-state index in [4.69, 9.17) is 5.11 Å². The highest BCUT2D eigenvalue weighted by Gasteiger charge is 2.19. The van der Waals surface area contributed by atoms with Gasteiger partial charge in [-0.2, -0.15) is 0 Å². The first-order chi connectivity index (χ1) is 8.00. The normalized spacial score (nSPS) is 14.0. The Kier molecular flexibility index (Phi) is 3.14. The second kappa shape index (κ2) is 4.44. The summed E-state index contributed by atoms with van der Waals surface area (Å²) in [5, 5.41) is 9.61. The van der Waals surface area contributed by atoms with E-state index in [1.54, 1.807) is 18.3 Å². The average Bonchev–Trinajstić information content (AvgIpc) is 2.71. The lowest BCUT2D eigenvalue weighted by atomic mass is 10.3. The van der Waals surface area contributed by atoms with Crippen molar-refractivity contribution in [1.82, 2.24) is 14.7 Å². The average molecular weight is 255 g/mol. The number of aliphatic hydroxyl groups excluding tert-OH is 1. The number of aromatic nitrogens is 2. The van der Waals surface area contributed by atoms with Gasteiger partial charge in [0.05, 0.1) is 6.10 Å². The Morgan fingerprint density at radius 1 is 1.59 bits per heavy atom. The van der Waals surface area contributed by atoms with Crippen molar-refractivity contribution < 1.29 is 13.5 Å². The van der Waals surface area contributed by atoms with Gasteiger partial charge in [-0.1, -0.05) is 0 Å². The van der Waals surface area contributed by atoms with Gasteiger partial charge >= 0.3 is 0 Å². The van der Waals surface area contributed by atoms with Crippen molar-refractivity contribution in [2.24, 2.45) is 0 Å². The molecule has 0 saturated heterocycles. The lowest BCUT2D eigenvalue weighted by Crippen LogP contribution is -2.30. The number of sulfonamides is 1. The minimum Gasteiger partial charge on any atom is -0.392 e. The molecule has 1 atom stereocenters. The van der Waals surface area contributed by atoms with Crippen molar-refractivity contribution in [3.05, 3.63) is 24.5 Å². The summed E-state index contributed by atoms with van der Waals surface area (Å²) in [6.45, 7) is 1.49. The van der Waals surface area contributed by atoms with Crippen LogP contribution in [0.15, 0.2) is 29.4 Å². The minimum atomic E-state index is -3.62. The van der Waals surface area contributed by atoms with Crippen molar-refractivity contribution >= 4 is 21.1 Å². The Morgan fingerprint density at radius 3 is 3.06 bits per heavy atom. The molecule has 0 bridgehead atoms. The molecule has 0 unspecified atom stereocenters. The van der Waals surface area contributed by atoms with Crippen LogP contribution in [0.4, 0.5) is 0 Å². The molecule has 0 saturated carbocycles. The van der Waals surface area contributed by atoms with Crippen molar-refractivity contribution in [2.45, 2.75) is 17.9 Å². The summed E-state index contributed by atoms with van der Waals surface area (Å²) in [5.74, 6) is 0. The third-order valence-electron chi connectivity index (χ3n) is 2.27. The molecule has 3 N–H and O–H groups in total. The summed E-state index contributed by atoms with van der Waals surface area (Å²) >= 11 is 0. The van der Waals surface area contributed by atoms with E-state index in [1.807, 2.05) is 0 Å². The van der Waals surface area contributed by atoms with Crippen LogP contribution < -0.4 is 4.72 Å². The van der Waals surface area contributed by atoms with E-state index >= 15 is 0 Å². The predicted octanol–water partition coefficient (Wildman–Crippen LogP) is 0.222. The number of pyridine rings is 1. The zero-order valence-electron chi connectivity index (χ0n) is 9.21. The van der Waals surface area contributed by atoms with Crippen LogP contribution in [0.5, 0.6) is 0 Å². The first-order valence-electron chi connectivity index (χ1n) is 5.10. The summed E-state index contributed by atoms with van der Waals surface area (Å²) in [6, 6.07) is 3.35. The molecule has 2 aromatic heterocycles. The van der Waals surface area contributed by atoms with E-state index in [9.17, 15) is 8.42 Å². The molecule has 6 nitrogen and oxygen atoms in total. The van der Waals surface area contributed by atoms with Gasteiger partial charge in [0.15, 0.2) is 0 Å². The molecule has 0 aliphatic heterocycles. The third-order valence-corrected chi connectivity index (χ3v) is 3.73. The third kappa shape index (κ3) is 2.46. The van der Waals surface area contributed by atoms with E-state index in [2.05, 4.69) is 14.7 Å². The van der Waals surface area contributed by atoms with E-state index in [0.29, 0.717) is 11.0 Å². The van der Waals surface area contributed by atoms with Crippen LogP contribution in [0, 0.1) is 0 Å². The van der Waals surface area contributed by atoms with E-state index in [0.717, 1.165) is 0 Å². The van der Waals surface area contributed by atoms with Crippen LogP contribution >= 0.6 is 0 Å². The number of aromatic amines is 1. The summed E-state index contributed by atoms with van der Waals surface area (Å²) in [5.41, 5.74) is 0.518. The number of hydrogen-bond donors (Lipinski definition) is 3. The summed E-state index contributed by atoms with van der Waals surface area (Å²) < 4.78 is 26.2. The van der Waals surface area contributed by atoms with Gasteiger partial charge in [-0.15, -0.1) is 0 Å². The first-order valence-corrected chi connectivity index (χ1v) is 6.59. The monoisotopic (exact) mass is 255 g/mol. The van der Waals surface area contributed by atoms with Crippen molar-refractivity contribution in [1.29, 1.82) is 0 Å². The molecular weight excluding hydrogens is 242 g/mol. The standard InChI is InChI=1S/C10H13N3O3S/c1-7(14)5-13-17(15,16)9-6-12-10-8(9)3-2-4-11-10/h2-4,6-7,13-14H,5H2,1H3,(H,11,12)/t7-/m0/s1. The molecule has 0 aliphatic carbocycles. The maximum atomic E-state index is 11.9. The second-order valence-electron chi connectivity index (χ2n) is 3.75. The number of H-pyrrole nitrogens is 1. The van der Waals surface area contributed by atoms with E-state index in [-0.39, 0.29) is 11.4 Å². The Morgan fingerprint density at radius 2 is 2.35 bits per heavy atom. The molecule has 2 rings (SSSR count). The summed E-state index contributed by atoms with van der Waals surface area (Å²) in [6.07, 6.45) is 2.24. The molecule has 92 valence electrons. The Labute approximate surface area is 98.7 Å². The maximum Gasteiger partial charge on any atom is 0.242 e. The first kappa shape index (κ1) is 12.0. The van der Waals surface area contributed by atoms with E-state index < -0.39 is 16.1 Å². The van der Waals surface area contributed by atoms with Crippen LogP contribution in [0.2, 0.25) is 0 Å². The number of fused-ring (bicyclic) bond motifs is 1.